The Bertz CT molecular complexity index is 992. The SMILES string of the molecule is COc1ccc(COc2ccc(C=NNc3ccc(Cl)c(Cl)c3)cc2OC)cc1. The molecule has 0 fully saturated rings. The molecule has 5 nitrogen and oxygen atoms in total. The molecule has 0 unspecified atom stereocenters. The van der Waals surface area contributed by atoms with Crippen LogP contribution in [0, 0.1) is 0 Å². The van der Waals surface area contributed by atoms with E-state index in [-0.39, 0.29) is 0 Å². The van der Waals surface area contributed by atoms with Crippen LogP contribution >= 0.6 is 23.2 Å². The molecule has 1 N–H and O–H groups in total. The maximum atomic E-state index is 6.00. The largest absolute Gasteiger partial charge is 0.497 e. The van der Waals surface area contributed by atoms with Crippen LogP contribution in [-0.2, 0) is 6.61 Å². The van der Waals surface area contributed by atoms with Gasteiger partial charge in [-0.3, -0.25) is 5.43 Å². The summed E-state index contributed by atoms with van der Waals surface area (Å²) in [6, 6.07) is 18.5. The fourth-order valence-corrected chi connectivity index (χ4v) is 2.81. The van der Waals surface area contributed by atoms with Gasteiger partial charge >= 0.3 is 0 Å². The quantitative estimate of drug-likeness (QED) is 0.349. The predicted octanol–water partition coefficient (Wildman–Crippen LogP) is 6.04. The number of benzene rings is 3. The van der Waals surface area contributed by atoms with E-state index in [9.17, 15) is 0 Å². The van der Waals surface area contributed by atoms with Gasteiger partial charge in [0.1, 0.15) is 12.4 Å². The summed E-state index contributed by atoms with van der Waals surface area (Å²) in [4.78, 5) is 0. The summed E-state index contributed by atoms with van der Waals surface area (Å²) in [5.41, 5.74) is 5.54. The highest BCUT2D eigenvalue weighted by Gasteiger charge is 2.06. The van der Waals surface area contributed by atoms with Crippen LogP contribution in [0.25, 0.3) is 0 Å². The number of ether oxygens (including phenoxy) is 3. The molecule has 7 heteroatoms. The average Bonchev–Trinajstić information content (AvgIpc) is 2.75. The fourth-order valence-electron chi connectivity index (χ4n) is 2.51. The Morgan fingerprint density at radius 1 is 0.862 bits per heavy atom. The minimum absolute atomic E-state index is 0.423. The van der Waals surface area contributed by atoms with Crippen LogP contribution in [0.2, 0.25) is 10.0 Å². The van der Waals surface area contributed by atoms with Crippen molar-refractivity contribution in [2.24, 2.45) is 5.10 Å². The Balaban J connectivity index is 1.63. The van der Waals surface area contributed by atoms with Crippen molar-refractivity contribution >= 4 is 35.1 Å². The van der Waals surface area contributed by atoms with Crippen molar-refractivity contribution in [3.05, 3.63) is 81.8 Å². The van der Waals surface area contributed by atoms with Crippen molar-refractivity contribution in [2.45, 2.75) is 6.61 Å². The normalized spacial score (nSPS) is 10.8. The van der Waals surface area contributed by atoms with Gasteiger partial charge in [0.15, 0.2) is 11.5 Å². The summed E-state index contributed by atoms with van der Waals surface area (Å²) in [5, 5.41) is 5.17. The zero-order chi connectivity index (χ0) is 20.6. The molecule has 0 aromatic heterocycles. The van der Waals surface area contributed by atoms with Crippen LogP contribution in [0.4, 0.5) is 5.69 Å². The monoisotopic (exact) mass is 430 g/mol. The zero-order valence-corrected chi connectivity index (χ0v) is 17.5. The van der Waals surface area contributed by atoms with E-state index in [0.717, 1.165) is 22.6 Å². The third kappa shape index (κ3) is 5.79. The molecule has 3 rings (SSSR count). The van der Waals surface area contributed by atoms with E-state index in [2.05, 4.69) is 10.5 Å². The van der Waals surface area contributed by atoms with Crippen molar-refractivity contribution in [3.8, 4) is 17.2 Å². The number of hydrogen-bond donors (Lipinski definition) is 1. The third-order valence-electron chi connectivity index (χ3n) is 4.07. The highest BCUT2D eigenvalue weighted by atomic mass is 35.5. The van der Waals surface area contributed by atoms with Gasteiger partial charge in [-0.1, -0.05) is 35.3 Å². The molecule has 3 aromatic carbocycles. The van der Waals surface area contributed by atoms with E-state index in [1.807, 2.05) is 42.5 Å². The van der Waals surface area contributed by atoms with E-state index in [0.29, 0.717) is 28.2 Å². The molecular formula is C22H20Cl2N2O3. The van der Waals surface area contributed by atoms with Gasteiger partial charge in [-0.25, -0.2) is 0 Å². The molecule has 0 amide bonds. The maximum Gasteiger partial charge on any atom is 0.161 e. The first-order valence-corrected chi connectivity index (χ1v) is 9.52. The second kappa shape index (κ2) is 10.0. The van der Waals surface area contributed by atoms with Gasteiger partial charge in [-0.05, 0) is 59.7 Å². The van der Waals surface area contributed by atoms with Crippen molar-refractivity contribution in [1.29, 1.82) is 0 Å². The first-order chi connectivity index (χ1) is 14.1. The smallest absolute Gasteiger partial charge is 0.161 e. The number of halogens is 2. The fraction of sp³-hybridized carbons (Fsp3) is 0.136. The van der Waals surface area contributed by atoms with Crippen LogP contribution in [0.5, 0.6) is 17.2 Å². The molecule has 0 aliphatic heterocycles. The molecule has 0 saturated heterocycles. The summed E-state index contributed by atoms with van der Waals surface area (Å²) in [6.45, 7) is 0.423. The van der Waals surface area contributed by atoms with Crippen LogP contribution in [0.3, 0.4) is 0 Å². The Labute approximate surface area is 179 Å². The molecule has 0 atom stereocenters. The predicted molar refractivity (Wildman–Crippen MR) is 118 cm³/mol. The summed E-state index contributed by atoms with van der Waals surface area (Å²) >= 11 is 11.9. The Morgan fingerprint density at radius 2 is 1.66 bits per heavy atom. The number of anilines is 1. The van der Waals surface area contributed by atoms with Crippen molar-refractivity contribution in [3.63, 3.8) is 0 Å². The molecule has 0 bridgehead atoms. The second-order valence-corrected chi connectivity index (χ2v) is 6.86. The molecule has 0 aliphatic carbocycles. The van der Waals surface area contributed by atoms with Gasteiger partial charge in [0.25, 0.3) is 0 Å². The lowest BCUT2D eigenvalue weighted by Gasteiger charge is -2.11. The van der Waals surface area contributed by atoms with Crippen LogP contribution in [0.15, 0.2) is 65.8 Å². The molecule has 150 valence electrons. The zero-order valence-electron chi connectivity index (χ0n) is 16.0. The van der Waals surface area contributed by atoms with E-state index in [4.69, 9.17) is 37.4 Å². The van der Waals surface area contributed by atoms with Gasteiger partial charge in [0.05, 0.1) is 36.2 Å². The lowest BCUT2D eigenvalue weighted by Crippen LogP contribution is -1.99. The topological polar surface area (TPSA) is 52.1 Å². The van der Waals surface area contributed by atoms with Crippen LogP contribution in [0.1, 0.15) is 11.1 Å². The second-order valence-electron chi connectivity index (χ2n) is 6.05. The highest BCUT2D eigenvalue weighted by Crippen LogP contribution is 2.29. The van der Waals surface area contributed by atoms with Crippen LogP contribution in [-0.4, -0.2) is 20.4 Å². The van der Waals surface area contributed by atoms with Gasteiger partial charge in [-0.2, -0.15) is 5.10 Å². The Kier molecular flexibility index (Phi) is 7.22. The summed E-state index contributed by atoms with van der Waals surface area (Å²) < 4.78 is 16.5. The van der Waals surface area contributed by atoms with Gasteiger partial charge in [0.2, 0.25) is 0 Å². The van der Waals surface area contributed by atoms with Crippen molar-refractivity contribution < 1.29 is 14.2 Å². The third-order valence-corrected chi connectivity index (χ3v) is 4.81. The number of nitrogens with zero attached hydrogens (tertiary/aromatic N) is 1. The van der Waals surface area contributed by atoms with Crippen molar-refractivity contribution in [1.82, 2.24) is 0 Å². The standard InChI is InChI=1S/C22H20Cl2N2O3/c1-27-18-7-3-15(4-8-18)14-29-21-10-5-16(11-22(21)28-2)13-25-26-17-6-9-19(23)20(24)12-17/h3-13,26H,14H2,1-2H3. The average molecular weight is 431 g/mol. The minimum atomic E-state index is 0.423. The van der Waals surface area contributed by atoms with E-state index < -0.39 is 0 Å². The van der Waals surface area contributed by atoms with E-state index in [1.54, 1.807) is 38.6 Å². The number of hydrogen-bond acceptors (Lipinski definition) is 5. The first kappa shape index (κ1) is 20.8. The molecule has 0 radical (unpaired) electrons. The van der Waals surface area contributed by atoms with Gasteiger partial charge in [0, 0.05) is 0 Å². The Morgan fingerprint density at radius 3 is 2.34 bits per heavy atom. The molecule has 0 saturated carbocycles. The summed E-state index contributed by atoms with van der Waals surface area (Å²) in [7, 11) is 3.24. The summed E-state index contributed by atoms with van der Waals surface area (Å²) in [6.07, 6.45) is 1.68. The van der Waals surface area contributed by atoms with Crippen molar-refractivity contribution in [2.75, 3.05) is 19.6 Å². The minimum Gasteiger partial charge on any atom is -0.497 e. The molecule has 0 heterocycles. The molecule has 3 aromatic rings. The highest BCUT2D eigenvalue weighted by molar-refractivity contribution is 6.42. The lowest BCUT2D eigenvalue weighted by molar-refractivity contribution is 0.284. The number of rotatable bonds is 8. The number of methoxy groups -OCH3 is 2. The molecular weight excluding hydrogens is 411 g/mol. The summed E-state index contributed by atoms with van der Waals surface area (Å²) in [5.74, 6) is 2.08. The number of nitrogens with one attached hydrogen (secondary N) is 1. The first-order valence-electron chi connectivity index (χ1n) is 8.77. The number of hydrazone groups is 1. The maximum absolute atomic E-state index is 6.00. The van der Waals surface area contributed by atoms with Gasteiger partial charge < -0.3 is 14.2 Å². The lowest BCUT2D eigenvalue weighted by atomic mass is 10.2. The van der Waals surface area contributed by atoms with E-state index >= 15 is 0 Å². The molecule has 29 heavy (non-hydrogen) atoms. The Hall–Kier alpha value is -2.89. The van der Waals surface area contributed by atoms with E-state index in [1.165, 1.54) is 0 Å². The molecule has 0 aliphatic rings. The molecule has 0 spiro atoms. The van der Waals surface area contributed by atoms with Crippen LogP contribution < -0.4 is 19.6 Å². The van der Waals surface area contributed by atoms with Gasteiger partial charge in [-0.15, -0.1) is 0 Å².